The number of nitrogens with one attached hydrogen (secondary N) is 1. The molecule has 1 rings (SSSR count). The minimum absolute atomic E-state index is 0.374. The zero-order valence-corrected chi connectivity index (χ0v) is 13.3. The van der Waals surface area contributed by atoms with Gasteiger partial charge in [0.15, 0.2) is 0 Å². The van der Waals surface area contributed by atoms with E-state index in [2.05, 4.69) is 52.1 Å². The molecule has 1 aromatic carbocycles. The molecule has 0 radical (unpaired) electrons. The summed E-state index contributed by atoms with van der Waals surface area (Å²) in [5.74, 6) is 1.66. The fraction of sp³-hybridized carbons (Fsp3) is 0.647. The lowest BCUT2D eigenvalue weighted by molar-refractivity contribution is 0.345. The summed E-state index contributed by atoms with van der Waals surface area (Å²) in [6.45, 7) is 12.0. The van der Waals surface area contributed by atoms with E-state index in [9.17, 15) is 0 Å². The monoisotopic (exact) mass is 263 g/mol. The van der Waals surface area contributed by atoms with Gasteiger partial charge in [0.05, 0.1) is 7.11 Å². The molecule has 2 heteroatoms. The first-order valence-corrected chi connectivity index (χ1v) is 7.44. The smallest absolute Gasteiger partial charge is 0.126 e. The third kappa shape index (κ3) is 3.73. The summed E-state index contributed by atoms with van der Waals surface area (Å²) >= 11 is 0. The van der Waals surface area contributed by atoms with Gasteiger partial charge < -0.3 is 10.1 Å². The van der Waals surface area contributed by atoms with Gasteiger partial charge in [-0.3, -0.25) is 0 Å². The minimum Gasteiger partial charge on any atom is -0.496 e. The van der Waals surface area contributed by atoms with Gasteiger partial charge in [-0.25, -0.2) is 0 Å². The van der Waals surface area contributed by atoms with E-state index in [1.54, 1.807) is 7.11 Å². The second kappa shape index (κ2) is 7.54. The van der Waals surface area contributed by atoms with Gasteiger partial charge >= 0.3 is 0 Å². The van der Waals surface area contributed by atoms with Gasteiger partial charge in [0.25, 0.3) is 0 Å². The molecule has 19 heavy (non-hydrogen) atoms. The van der Waals surface area contributed by atoms with Crippen LogP contribution in [0, 0.1) is 19.8 Å². The highest BCUT2D eigenvalue weighted by molar-refractivity contribution is 5.47. The highest BCUT2D eigenvalue weighted by atomic mass is 16.5. The Morgan fingerprint density at radius 1 is 1.21 bits per heavy atom. The van der Waals surface area contributed by atoms with Crippen LogP contribution in [0.25, 0.3) is 0 Å². The van der Waals surface area contributed by atoms with Crippen LogP contribution < -0.4 is 10.1 Å². The van der Waals surface area contributed by atoms with Crippen molar-refractivity contribution >= 4 is 0 Å². The standard InChI is InChI=1S/C17H29NO/c1-7-9-13(4)16(18-8-2)15-11-10-12(3)14(5)17(15)19-6/h10-11,13,16,18H,7-9H2,1-6H3. The summed E-state index contributed by atoms with van der Waals surface area (Å²) in [7, 11) is 1.78. The maximum absolute atomic E-state index is 5.67. The number of hydrogen-bond acceptors (Lipinski definition) is 2. The summed E-state index contributed by atoms with van der Waals surface area (Å²) in [5.41, 5.74) is 3.85. The lowest BCUT2D eigenvalue weighted by Gasteiger charge is -2.27. The molecule has 0 fully saturated rings. The predicted molar refractivity (Wildman–Crippen MR) is 83.0 cm³/mol. The van der Waals surface area contributed by atoms with E-state index in [4.69, 9.17) is 4.74 Å². The van der Waals surface area contributed by atoms with Crippen LogP contribution in [0.2, 0.25) is 0 Å². The van der Waals surface area contributed by atoms with Gasteiger partial charge in [-0.05, 0) is 43.9 Å². The molecule has 0 bridgehead atoms. The van der Waals surface area contributed by atoms with Crippen molar-refractivity contribution in [1.82, 2.24) is 5.32 Å². The van der Waals surface area contributed by atoms with Crippen LogP contribution in [-0.2, 0) is 0 Å². The molecule has 0 aliphatic heterocycles. The van der Waals surface area contributed by atoms with Gasteiger partial charge in [0.2, 0.25) is 0 Å². The SMILES string of the molecule is CCCC(C)C(NCC)c1ccc(C)c(C)c1OC. The summed E-state index contributed by atoms with van der Waals surface area (Å²) in [6.07, 6.45) is 2.45. The number of rotatable bonds is 7. The second-order valence-corrected chi connectivity index (χ2v) is 5.43. The number of aryl methyl sites for hydroxylation is 1. The lowest BCUT2D eigenvalue weighted by atomic mass is 9.88. The molecule has 0 heterocycles. The quantitative estimate of drug-likeness (QED) is 0.787. The van der Waals surface area contributed by atoms with E-state index in [1.807, 2.05) is 0 Å². The van der Waals surface area contributed by atoms with Crippen LogP contribution in [0.4, 0.5) is 0 Å². The summed E-state index contributed by atoms with van der Waals surface area (Å²) in [6, 6.07) is 4.80. The summed E-state index contributed by atoms with van der Waals surface area (Å²) < 4.78 is 5.67. The van der Waals surface area contributed by atoms with Crippen LogP contribution in [0.15, 0.2) is 12.1 Å². The van der Waals surface area contributed by atoms with E-state index < -0.39 is 0 Å². The van der Waals surface area contributed by atoms with Crippen molar-refractivity contribution in [1.29, 1.82) is 0 Å². The van der Waals surface area contributed by atoms with E-state index in [1.165, 1.54) is 29.5 Å². The van der Waals surface area contributed by atoms with Crippen molar-refractivity contribution in [2.75, 3.05) is 13.7 Å². The van der Waals surface area contributed by atoms with Gasteiger partial charge in [-0.15, -0.1) is 0 Å². The number of methoxy groups -OCH3 is 1. The Hall–Kier alpha value is -1.02. The first kappa shape index (κ1) is 16.0. The molecule has 1 aromatic rings. The lowest BCUT2D eigenvalue weighted by Crippen LogP contribution is -2.27. The molecule has 2 unspecified atom stereocenters. The van der Waals surface area contributed by atoms with Crippen LogP contribution in [0.1, 0.15) is 56.3 Å². The first-order chi connectivity index (χ1) is 9.06. The minimum atomic E-state index is 0.374. The highest BCUT2D eigenvalue weighted by Crippen LogP contribution is 2.35. The van der Waals surface area contributed by atoms with Crippen molar-refractivity contribution in [2.24, 2.45) is 5.92 Å². The number of benzene rings is 1. The third-order valence-corrected chi connectivity index (χ3v) is 3.98. The number of ether oxygens (including phenoxy) is 1. The van der Waals surface area contributed by atoms with Crippen LogP contribution in [0.3, 0.4) is 0 Å². The molecule has 0 aliphatic rings. The molecule has 0 saturated carbocycles. The third-order valence-electron chi connectivity index (χ3n) is 3.98. The fourth-order valence-corrected chi connectivity index (χ4v) is 2.79. The van der Waals surface area contributed by atoms with E-state index in [0.29, 0.717) is 12.0 Å². The molecule has 0 saturated heterocycles. The predicted octanol–water partition coefficient (Wildman–Crippen LogP) is 4.40. The van der Waals surface area contributed by atoms with E-state index in [0.717, 1.165) is 12.3 Å². The van der Waals surface area contributed by atoms with Gasteiger partial charge in [-0.1, -0.05) is 39.3 Å². The average molecular weight is 263 g/mol. The van der Waals surface area contributed by atoms with Crippen LogP contribution in [0.5, 0.6) is 5.75 Å². The fourth-order valence-electron chi connectivity index (χ4n) is 2.79. The normalized spacial score (nSPS) is 14.2. The summed E-state index contributed by atoms with van der Waals surface area (Å²) in [5, 5.41) is 3.62. The molecule has 2 atom stereocenters. The zero-order valence-electron chi connectivity index (χ0n) is 13.3. The Labute approximate surface area is 118 Å². The largest absolute Gasteiger partial charge is 0.496 e. The topological polar surface area (TPSA) is 21.3 Å². The molecular weight excluding hydrogens is 234 g/mol. The van der Waals surface area contributed by atoms with E-state index >= 15 is 0 Å². The molecular formula is C17H29NO. The Kier molecular flexibility index (Phi) is 6.36. The van der Waals surface area contributed by atoms with Crippen molar-refractivity contribution in [3.8, 4) is 5.75 Å². The van der Waals surface area contributed by atoms with Crippen molar-refractivity contribution in [3.63, 3.8) is 0 Å². The van der Waals surface area contributed by atoms with Gasteiger partial charge in [-0.2, -0.15) is 0 Å². The van der Waals surface area contributed by atoms with Crippen molar-refractivity contribution in [2.45, 2.75) is 53.5 Å². The van der Waals surface area contributed by atoms with Gasteiger partial charge in [0.1, 0.15) is 5.75 Å². The maximum atomic E-state index is 5.67. The molecule has 2 nitrogen and oxygen atoms in total. The van der Waals surface area contributed by atoms with Crippen LogP contribution in [-0.4, -0.2) is 13.7 Å². The second-order valence-electron chi connectivity index (χ2n) is 5.43. The Morgan fingerprint density at radius 2 is 1.89 bits per heavy atom. The molecule has 0 spiro atoms. The molecule has 0 aliphatic carbocycles. The Bertz CT molecular complexity index is 400. The van der Waals surface area contributed by atoms with E-state index in [-0.39, 0.29) is 0 Å². The average Bonchev–Trinajstić information content (AvgIpc) is 2.39. The zero-order chi connectivity index (χ0) is 14.4. The van der Waals surface area contributed by atoms with Gasteiger partial charge in [0, 0.05) is 11.6 Å². The maximum Gasteiger partial charge on any atom is 0.126 e. The molecule has 108 valence electrons. The Morgan fingerprint density at radius 3 is 2.42 bits per heavy atom. The summed E-state index contributed by atoms with van der Waals surface area (Å²) in [4.78, 5) is 0. The Balaban J connectivity index is 3.18. The first-order valence-electron chi connectivity index (χ1n) is 7.44. The number of hydrogen-bond donors (Lipinski definition) is 1. The molecule has 0 aromatic heterocycles. The van der Waals surface area contributed by atoms with Crippen molar-refractivity contribution < 1.29 is 4.74 Å². The van der Waals surface area contributed by atoms with Crippen LogP contribution >= 0.6 is 0 Å². The molecule has 0 amide bonds. The molecule has 1 N–H and O–H groups in total. The highest BCUT2D eigenvalue weighted by Gasteiger charge is 2.22. The van der Waals surface area contributed by atoms with Crippen molar-refractivity contribution in [3.05, 3.63) is 28.8 Å².